The predicted octanol–water partition coefficient (Wildman–Crippen LogP) is 0.796. The molecule has 1 aromatic rings. The van der Waals surface area contributed by atoms with Gasteiger partial charge in [0, 0.05) is 4.88 Å². The maximum atomic E-state index is 10.4. The molecule has 0 aliphatic rings. The summed E-state index contributed by atoms with van der Waals surface area (Å²) in [5.74, 6) is -0.942. The van der Waals surface area contributed by atoms with Crippen LogP contribution in [0.1, 0.15) is 17.0 Å². The van der Waals surface area contributed by atoms with Crippen molar-refractivity contribution in [2.75, 3.05) is 0 Å². The van der Waals surface area contributed by atoms with Crippen molar-refractivity contribution in [2.24, 2.45) is 5.73 Å². The summed E-state index contributed by atoms with van der Waals surface area (Å²) in [7, 11) is 0. The number of hydrogen-bond acceptors (Lipinski definition) is 4. The molecule has 1 atom stereocenters. The van der Waals surface area contributed by atoms with Crippen molar-refractivity contribution in [3.05, 3.63) is 16.1 Å². The standard InChI is InChI=1S/C8H12N2O2S/c1-5-7(13-4-10-5)3-2-6(9)8(11)12/h4,6H,2-3,9H2,1H3,(H,11,12)/t6-/m1/s1. The summed E-state index contributed by atoms with van der Waals surface area (Å²) in [6.07, 6.45) is 1.17. The summed E-state index contributed by atoms with van der Waals surface area (Å²) in [6.45, 7) is 1.91. The van der Waals surface area contributed by atoms with E-state index in [1.54, 1.807) is 16.8 Å². The zero-order valence-electron chi connectivity index (χ0n) is 7.36. The van der Waals surface area contributed by atoms with Crippen molar-refractivity contribution >= 4 is 17.3 Å². The van der Waals surface area contributed by atoms with Crippen LogP contribution in [0, 0.1) is 6.92 Å². The lowest BCUT2D eigenvalue weighted by Gasteiger charge is -2.04. The molecule has 0 radical (unpaired) electrons. The molecule has 1 rings (SSSR count). The third kappa shape index (κ3) is 2.78. The second kappa shape index (κ2) is 4.34. The molecule has 0 saturated carbocycles. The third-order valence-corrected chi connectivity index (χ3v) is 2.84. The lowest BCUT2D eigenvalue weighted by molar-refractivity contribution is -0.138. The van der Waals surface area contributed by atoms with E-state index in [4.69, 9.17) is 10.8 Å². The molecule has 0 aliphatic heterocycles. The first-order chi connectivity index (χ1) is 6.11. The normalized spacial score (nSPS) is 12.8. The van der Waals surface area contributed by atoms with E-state index >= 15 is 0 Å². The highest BCUT2D eigenvalue weighted by molar-refractivity contribution is 7.09. The van der Waals surface area contributed by atoms with Gasteiger partial charge < -0.3 is 10.8 Å². The second-order valence-electron chi connectivity index (χ2n) is 2.84. The van der Waals surface area contributed by atoms with Gasteiger partial charge in [0.15, 0.2) is 0 Å². The van der Waals surface area contributed by atoms with Gasteiger partial charge in [-0.15, -0.1) is 11.3 Å². The lowest BCUT2D eigenvalue weighted by atomic mass is 10.1. The van der Waals surface area contributed by atoms with Crippen molar-refractivity contribution in [3.63, 3.8) is 0 Å². The van der Waals surface area contributed by atoms with Crippen LogP contribution in [0.3, 0.4) is 0 Å². The zero-order valence-corrected chi connectivity index (χ0v) is 8.17. The van der Waals surface area contributed by atoms with Gasteiger partial charge in [0.05, 0.1) is 11.2 Å². The molecule has 13 heavy (non-hydrogen) atoms. The fraction of sp³-hybridized carbons (Fsp3) is 0.500. The average Bonchev–Trinajstić information content (AvgIpc) is 2.47. The number of aromatic nitrogens is 1. The predicted molar refractivity (Wildman–Crippen MR) is 50.8 cm³/mol. The highest BCUT2D eigenvalue weighted by atomic mass is 32.1. The molecule has 0 unspecified atom stereocenters. The van der Waals surface area contributed by atoms with E-state index in [2.05, 4.69) is 4.98 Å². The highest BCUT2D eigenvalue weighted by Gasteiger charge is 2.12. The first kappa shape index (κ1) is 10.1. The Labute approximate surface area is 80.4 Å². The van der Waals surface area contributed by atoms with E-state index in [9.17, 15) is 4.79 Å². The van der Waals surface area contributed by atoms with E-state index in [1.165, 1.54) is 0 Å². The molecule has 5 heteroatoms. The van der Waals surface area contributed by atoms with Gasteiger partial charge in [-0.3, -0.25) is 4.79 Å². The summed E-state index contributed by atoms with van der Waals surface area (Å²) in [5.41, 5.74) is 8.10. The molecule has 3 N–H and O–H groups in total. The van der Waals surface area contributed by atoms with Gasteiger partial charge in [-0.25, -0.2) is 4.98 Å². The molecule has 0 fully saturated rings. The van der Waals surface area contributed by atoms with Crippen LogP contribution >= 0.6 is 11.3 Å². The lowest BCUT2D eigenvalue weighted by Crippen LogP contribution is -2.30. The van der Waals surface area contributed by atoms with Crippen molar-refractivity contribution in [2.45, 2.75) is 25.8 Å². The summed E-state index contributed by atoms with van der Waals surface area (Å²) < 4.78 is 0. The van der Waals surface area contributed by atoms with Crippen molar-refractivity contribution < 1.29 is 9.90 Å². The van der Waals surface area contributed by atoms with Gasteiger partial charge in [0.1, 0.15) is 6.04 Å². The number of aryl methyl sites for hydroxylation is 2. The Morgan fingerprint density at radius 3 is 3.00 bits per heavy atom. The number of aliphatic carboxylic acids is 1. The third-order valence-electron chi connectivity index (χ3n) is 1.84. The molecular weight excluding hydrogens is 188 g/mol. The van der Waals surface area contributed by atoms with E-state index in [1.807, 2.05) is 6.92 Å². The maximum absolute atomic E-state index is 10.4. The second-order valence-corrected chi connectivity index (χ2v) is 3.78. The largest absolute Gasteiger partial charge is 0.480 e. The van der Waals surface area contributed by atoms with E-state index in [-0.39, 0.29) is 0 Å². The van der Waals surface area contributed by atoms with Crippen LogP contribution in [-0.4, -0.2) is 22.1 Å². The summed E-state index contributed by atoms with van der Waals surface area (Å²) in [6, 6.07) is -0.763. The fourth-order valence-corrected chi connectivity index (χ4v) is 1.77. The minimum atomic E-state index is -0.942. The van der Waals surface area contributed by atoms with Crippen molar-refractivity contribution in [1.82, 2.24) is 4.98 Å². The summed E-state index contributed by atoms with van der Waals surface area (Å²) in [5, 5.41) is 8.54. The number of carboxylic acids is 1. The number of carbonyl (C=O) groups is 1. The van der Waals surface area contributed by atoms with Gasteiger partial charge in [-0.1, -0.05) is 0 Å². The van der Waals surface area contributed by atoms with Crippen LogP contribution in [-0.2, 0) is 11.2 Å². The Morgan fingerprint density at radius 1 is 1.85 bits per heavy atom. The quantitative estimate of drug-likeness (QED) is 0.753. The van der Waals surface area contributed by atoms with Crippen LogP contribution in [0.25, 0.3) is 0 Å². The molecule has 0 aliphatic carbocycles. The molecule has 72 valence electrons. The van der Waals surface area contributed by atoms with Gasteiger partial charge in [-0.2, -0.15) is 0 Å². The Hall–Kier alpha value is -0.940. The number of carboxylic acid groups (broad SMARTS) is 1. The Morgan fingerprint density at radius 2 is 2.54 bits per heavy atom. The minimum Gasteiger partial charge on any atom is -0.480 e. The van der Waals surface area contributed by atoms with Gasteiger partial charge in [-0.05, 0) is 19.8 Å². The van der Waals surface area contributed by atoms with Gasteiger partial charge in [0.25, 0.3) is 0 Å². The summed E-state index contributed by atoms with van der Waals surface area (Å²) in [4.78, 5) is 15.6. The smallest absolute Gasteiger partial charge is 0.320 e. The highest BCUT2D eigenvalue weighted by Crippen LogP contribution is 2.14. The minimum absolute atomic E-state index is 0.471. The van der Waals surface area contributed by atoms with E-state index in [0.29, 0.717) is 12.8 Å². The maximum Gasteiger partial charge on any atom is 0.320 e. The number of nitrogens with zero attached hydrogens (tertiary/aromatic N) is 1. The van der Waals surface area contributed by atoms with Crippen LogP contribution in [0.4, 0.5) is 0 Å². The van der Waals surface area contributed by atoms with E-state index < -0.39 is 12.0 Å². The molecular formula is C8H12N2O2S. The Bertz CT molecular complexity index is 298. The van der Waals surface area contributed by atoms with Crippen LogP contribution in [0.15, 0.2) is 5.51 Å². The zero-order chi connectivity index (χ0) is 9.84. The van der Waals surface area contributed by atoms with E-state index in [0.717, 1.165) is 10.6 Å². The number of thiazole rings is 1. The van der Waals surface area contributed by atoms with Gasteiger partial charge in [0.2, 0.25) is 0 Å². The first-order valence-electron chi connectivity index (χ1n) is 3.98. The van der Waals surface area contributed by atoms with Crippen LogP contribution in [0.5, 0.6) is 0 Å². The number of nitrogens with two attached hydrogens (primary N) is 1. The SMILES string of the molecule is Cc1ncsc1CC[C@@H](N)C(=O)O. The molecule has 0 spiro atoms. The Balaban J connectivity index is 2.44. The van der Waals surface area contributed by atoms with Crippen LogP contribution < -0.4 is 5.73 Å². The first-order valence-corrected chi connectivity index (χ1v) is 4.86. The molecule has 0 bridgehead atoms. The van der Waals surface area contributed by atoms with Crippen LogP contribution in [0.2, 0.25) is 0 Å². The number of hydrogen-bond donors (Lipinski definition) is 2. The molecule has 0 aromatic carbocycles. The number of rotatable bonds is 4. The van der Waals surface area contributed by atoms with Crippen molar-refractivity contribution in [1.29, 1.82) is 0 Å². The molecule has 1 aromatic heterocycles. The topological polar surface area (TPSA) is 76.2 Å². The molecule has 1 heterocycles. The van der Waals surface area contributed by atoms with Crippen molar-refractivity contribution in [3.8, 4) is 0 Å². The molecule has 0 amide bonds. The Kier molecular flexibility index (Phi) is 3.39. The molecule has 4 nitrogen and oxygen atoms in total. The van der Waals surface area contributed by atoms with Gasteiger partial charge >= 0.3 is 5.97 Å². The average molecular weight is 200 g/mol. The summed E-state index contributed by atoms with van der Waals surface area (Å²) >= 11 is 1.54. The fourth-order valence-electron chi connectivity index (χ4n) is 0.976. The monoisotopic (exact) mass is 200 g/mol. The molecule has 0 saturated heterocycles.